The van der Waals surface area contributed by atoms with Gasteiger partial charge in [-0.15, -0.1) is 0 Å². The van der Waals surface area contributed by atoms with Crippen molar-refractivity contribution in [2.24, 2.45) is 5.92 Å². The van der Waals surface area contributed by atoms with E-state index in [9.17, 15) is 24.3 Å². The molecule has 0 spiro atoms. The van der Waals surface area contributed by atoms with Gasteiger partial charge in [0.05, 0.1) is 13.5 Å². The molecule has 1 saturated heterocycles. The standard InChI is InChI=1S/C28H33ClN4O6/c1-39-22-12-5-9-19(15-22)27(37)32-13-14-33(28(38)30-21-11-6-10-20(29)16-21)26(32)25(36)31-23(17-24(34)35)18-7-3-2-4-8-18/h5-6,9-12,15-16,18,23,26H,2-4,7-8,13-14,17H2,1H3,(H,30,38)(H,31,36)(H,34,35). The second kappa shape index (κ2) is 12.8. The number of urea groups is 1. The average molecular weight is 557 g/mol. The predicted molar refractivity (Wildman–Crippen MR) is 146 cm³/mol. The molecule has 1 aliphatic heterocycles. The summed E-state index contributed by atoms with van der Waals surface area (Å²) >= 11 is 6.06. The minimum Gasteiger partial charge on any atom is -0.497 e. The summed E-state index contributed by atoms with van der Waals surface area (Å²) in [5.74, 6) is -1.56. The van der Waals surface area contributed by atoms with E-state index in [-0.39, 0.29) is 25.4 Å². The van der Waals surface area contributed by atoms with Gasteiger partial charge in [0, 0.05) is 35.4 Å². The van der Waals surface area contributed by atoms with Crippen molar-refractivity contribution in [1.29, 1.82) is 0 Å². The minimum atomic E-state index is -1.28. The van der Waals surface area contributed by atoms with Crippen LogP contribution in [-0.4, -0.2) is 71.1 Å². The van der Waals surface area contributed by atoms with E-state index >= 15 is 0 Å². The van der Waals surface area contributed by atoms with Crippen molar-refractivity contribution in [3.63, 3.8) is 0 Å². The maximum absolute atomic E-state index is 13.8. The first-order chi connectivity index (χ1) is 18.8. The molecule has 3 N–H and O–H groups in total. The summed E-state index contributed by atoms with van der Waals surface area (Å²) in [6.07, 6.45) is 3.13. The van der Waals surface area contributed by atoms with Crippen LogP contribution in [0.4, 0.5) is 10.5 Å². The quantitative estimate of drug-likeness (QED) is 0.447. The second-order valence-electron chi connectivity index (χ2n) is 9.85. The molecule has 2 aromatic carbocycles. The number of carboxylic acid groups (broad SMARTS) is 1. The highest BCUT2D eigenvalue weighted by molar-refractivity contribution is 6.30. The van der Waals surface area contributed by atoms with Crippen LogP contribution in [0.15, 0.2) is 48.5 Å². The highest BCUT2D eigenvalue weighted by Crippen LogP contribution is 2.29. The summed E-state index contributed by atoms with van der Waals surface area (Å²) in [6.45, 7) is 0.220. The fourth-order valence-corrected chi connectivity index (χ4v) is 5.53. The van der Waals surface area contributed by atoms with Crippen LogP contribution in [0.2, 0.25) is 5.02 Å². The van der Waals surface area contributed by atoms with Gasteiger partial charge >= 0.3 is 12.0 Å². The number of nitrogens with zero attached hydrogens (tertiary/aromatic N) is 2. The zero-order valence-electron chi connectivity index (χ0n) is 21.8. The van der Waals surface area contributed by atoms with Gasteiger partial charge in [-0.1, -0.05) is 43.0 Å². The van der Waals surface area contributed by atoms with Crippen LogP contribution >= 0.6 is 11.6 Å². The Morgan fingerprint density at radius 1 is 1.03 bits per heavy atom. The first-order valence-electron chi connectivity index (χ1n) is 13.1. The number of carbonyl (C=O) groups excluding carboxylic acids is 3. The lowest BCUT2D eigenvalue weighted by Crippen LogP contribution is -2.57. The van der Waals surface area contributed by atoms with Gasteiger partial charge in [-0.3, -0.25) is 19.3 Å². The number of nitrogens with one attached hydrogen (secondary N) is 2. The molecule has 11 heteroatoms. The third-order valence-corrected chi connectivity index (χ3v) is 7.50. The third-order valence-electron chi connectivity index (χ3n) is 7.26. The van der Waals surface area contributed by atoms with Crippen molar-refractivity contribution in [3.8, 4) is 5.75 Å². The van der Waals surface area contributed by atoms with E-state index in [1.54, 1.807) is 48.5 Å². The fraction of sp³-hybridized carbons (Fsp3) is 0.429. The van der Waals surface area contributed by atoms with Gasteiger partial charge in [0.25, 0.3) is 11.8 Å². The van der Waals surface area contributed by atoms with Crippen molar-refractivity contribution in [2.45, 2.75) is 50.7 Å². The molecule has 39 heavy (non-hydrogen) atoms. The Bertz CT molecular complexity index is 1220. The van der Waals surface area contributed by atoms with Crippen molar-refractivity contribution in [2.75, 3.05) is 25.5 Å². The van der Waals surface area contributed by atoms with Crippen molar-refractivity contribution >= 4 is 41.1 Å². The summed E-state index contributed by atoms with van der Waals surface area (Å²) in [5.41, 5.74) is 0.744. The van der Waals surface area contributed by atoms with Crippen LogP contribution in [0.1, 0.15) is 48.9 Å². The molecule has 10 nitrogen and oxygen atoms in total. The fourth-order valence-electron chi connectivity index (χ4n) is 5.34. The average Bonchev–Trinajstić information content (AvgIpc) is 3.38. The molecule has 2 fully saturated rings. The van der Waals surface area contributed by atoms with Crippen molar-refractivity contribution < 1.29 is 29.0 Å². The van der Waals surface area contributed by atoms with E-state index in [1.807, 2.05) is 0 Å². The molecule has 1 heterocycles. The Balaban J connectivity index is 1.61. The van der Waals surface area contributed by atoms with Crippen LogP contribution in [0.5, 0.6) is 5.75 Å². The summed E-state index contributed by atoms with van der Waals surface area (Å²) in [5, 5.41) is 15.6. The topological polar surface area (TPSA) is 128 Å². The molecule has 0 radical (unpaired) electrons. The predicted octanol–water partition coefficient (Wildman–Crippen LogP) is 4.20. The number of methoxy groups -OCH3 is 1. The molecule has 1 saturated carbocycles. The number of amides is 4. The number of rotatable bonds is 8. The van der Waals surface area contributed by atoms with Crippen LogP contribution in [0, 0.1) is 5.92 Å². The summed E-state index contributed by atoms with van der Waals surface area (Å²) in [4.78, 5) is 55.0. The molecule has 1 aliphatic carbocycles. The van der Waals surface area contributed by atoms with E-state index in [0.717, 1.165) is 32.1 Å². The van der Waals surface area contributed by atoms with Crippen LogP contribution < -0.4 is 15.4 Å². The number of halogens is 1. The number of hydrogen-bond donors (Lipinski definition) is 3. The highest BCUT2D eigenvalue weighted by atomic mass is 35.5. The zero-order chi connectivity index (χ0) is 27.9. The number of benzene rings is 2. The molecule has 2 unspecified atom stereocenters. The maximum Gasteiger partial charge on any atom is 0.323 e. The number of carboxylic acids is 1. The van der Waals surface area contributed by atoms with Gasteiger partial charge < -0.3 is 25.4 Å². The van der Waals surface area contributed by atoms with E-state index in [0.29, 0.717) is 22.0 Å². The normalized spacial score (nSPS) is 18.4. The Kier molecular flexibility index (Phi) is 9.29. The maximum atomic E-state index is 13.8. The zero-order valence-corrected chi connectivity index (χ0v) is 22.5. The Hall–Kier alpha value is -3.79. The summed E-state index contributed by atoms with van der Waals surface area (Å²) in [7, 11) is 1.49. The van der Waals surface area contributed by atoms with Gasteiger partial charge in [-0.25, -0.2) is 4.79 Å². The van der Waals surface area contributed by atoms with Crippen molar-refractivity contribution in [3.05, 3.63) is 59.1 Å². The van der Waals surface area contributed by atoms with Crippen LogP contribution in [0.3, 0.4) is 0 Å². The molecule has 0 bridgehead atoms. The second-order valence-corrected chi connectivity index (χ2v) is 10.3. The Labute approximate surface area is 232 Å². The van der Waals surface area contributed by atoms with E-state index in [2.05, 4.69) is 10.6 Å². The van der Waals surface area contributed by atoms with E-state index < -0.39 is 36.0 Å². The van der Waals surface area contributed by atoms with E-state index in [4.69, 9.17) is 16.3 Å². The van der Waals surface area contributed by atoms with Gasteiger partial charge in [0.1, 0.15) is 5.75 Å². The molecule has 208 valence electrons. The SMILES string of the molecule is COc1cccc(C(=O)N2CCN(C(=O)Nc3cccc(Cl)c3)C2C(=O)NC(CC(=O)O)C2CCCCC2)c1. The number of ether oxygens (including phenoxy) is 1. The smallest absolute Gasteiger partial charge is 0.323 e. The largest absolute Gasteiger partial charge is 0.497 e. The monoisotopic (exact) mass is 556 g/mol. The van der Waals surface area contributed by atoms with Gasteiger partial charge in [0.15, 0.2) is 6.17 Å². The highest BCUT2D eigenvalue weighted by Gasteiger charge is 2.44. The van der Waals surface area contributed by atoms with Crippen LogP contribution in [0.25, 0.3) is 0 Å². The van der Waals surface area contributed by atoms with E-state index in [1.165, 1.54) is 16.9 Å². The van der Waals surface area contributed by atoms with Crippen molar-refractivity contribution in [1.82, 2.24) is 15.1 Å². The number of aliphatic carboxylic acids is 1. The molecular weight excluding hydrogens is 524 g/mol. The summed E-state index contributed by atoms with van der Waals surface area (Å²) in [6, 6.07) is 12.0. The Morgan fingerprint density at radius 3 is 2.44 bits per heavy atom. The first kappa shape index (κ1) is 28.2. The van der Waals surface area contributed by atoms with Gasteiger partial charge in [-0.2, -0.15) is 0 Å². The van der Waals surface area contributed by atoms with Gasteiger partial charge in [-0.05, 0) is 55.2 Å². The first-order valence-corrected chi connectivity index (χ1v) is 13.4. The molecule has 0 aromatic heterocycles. The molecular formula is C28H33ClN4O6. The third kappa shape index (κ3) is 7.00. The lowest BCUT2D eigenvalue weighted by Gasteiger charge is -2.34. The lowest BCUT2D eigenvalue weighted by atomic mass is 9.82. The Morgan fingerprint density at radius 2 is 1.74 bits per heavy atom. The molecule has 2 aromatic rings. The molecule has 2 atom stereocenters. The van der Waals surface area contributed by atoms with Gasteiger partial charge in [0.2, 0.25) is 0 Å². The molecule has 2 aliphatic rings. The molecule has 4 amide bonds. The molecule has 4 rings (SSSR count). The van der Waals surface area contributed by atoms with Crippen LogP contribution in [-0.2, 0) is 9.59 Å². The number of hydrogen-bond acceptors (Lipinski definition) is 5. The number of carbonyl (C=O) groups is 4. The minimum absolute atomic E-state index is 0.0106. The number of anilines is 1. The lowest BCUT2D eigenvalue weighted by molar-refractivity contribution is -0.138. The summed E-state index contributed by atoms with van der Waals surface area (Å²) < 4.78 is 5.24.